The number of hydrogen-bond acceptors (Lipinski definition) is 5. The number of benzene rings is 1. The second-order valence-corrected chi connectivity index (χ2v) is 7.87. The van der Waals surface area contributed by atoms with E-state index in [4.69, 9.17) is 4.74 Å². The van der Waals surface area contributed by atoms with E-state index in [1.807, 2.05) is 13.0 Å². The summed E-state index contributed by atoms with van der Waals surface area (Å²) >= 11 is 0. The molecule has 27 heavy (non-hydrogen) atoms. The Morgan fingerprint density at radius 1 is 1.07 bits per heavy atom. The van der Waals surface area contributed by atoms with Crippen LogP contribution in [-0.4, -0.2) is 49.3 Å². The molecule has 2 saturated heterocycles. The van der Waals surface area contributed by atoms with Crippen molar-refractivity contribution >= 4 is 23.7 Å². The third-order valence-electron chi connectivity index (χ3n) is 6.39. The first-order chi connectivity index (χ1) is 13.1. The molecule has 4 atom stereocenters. The smallest absolute Gasteiger partial charge is 0.254 e. The summed E-state index contributed by atoms with van der Waals surface area (Å²) in [5, 5.41) is 5.39. The van der Waals surface area contributed by atoms with Gasteiger partial charge in [-0.3, -0.25) is 9.59 Å². The number of amides is 2. The van der Waals surface area contributed by atoms with Gasteiger partial charge in [0, 0.05) is 18.8 Å². The molecule has 2 bridgehead atoms. The molecule has 2 heterocycles. The molecule has 0 N–H and O–H groups in total. The molecule has 1 aromatic carbocycles. The van der Waals surface area contributed by atoms with E-state index in [0.29, 0.717) is 0 Å². The summed E-state index contributed by atoms with van der Waals surface area (Å²) in [4.78, 5) is 27.7. The zero-order chi connectivity index (χ0) is 18.5. The molecule has 2 amide bonds. The van der Waals surface area contributed by atoms with E-state index in [2.05, 4.69) is 34.3 Å². The summed E-state index contributed by atoms with van der Waals surface area (Å²) in [5.41, 5.74) is 3.16. The molecule has 0 radical (unpaired) electrons. The molecule has 1 saturated carbocycles. The van der Waals surface area contributed by atoms with Crippen LogP contribution in [0.25, 0.3) is 0 Å². The number of carbonyl (C=O) groups is 2. The average molecular weight is 365 g/mol. The molecule has 0 aromatic heterocycles. The number of rotatable bonds is 3. The lowest BCUT2D eigenvalue weighted by Gasteiger charge is -2.29. The maximum absolute atomic E-state index is 12.7. The number of fused-ring (bicyclic) bond motifs is 5. The van der Waals surface area contributed by atoms with E-state index in [9.17, 15) is 9.59 Å². The summed E-state index contributed by atoms with van der Waals surface area (Å²) < 4.78 is 5.40. The van der Waals surface area contributed by atoms with E-state index < -0.39 is 0 Å². The van der Waals surface area contributed by atoms with Crippen molar-refractivity contribution in [3.8, 4) is 0 Å². The van der Waals surface area contributed by atoms with Crippen LogP contribution in [0.15, 0.2) is 35.5 Å². The number of anilines is 1. The number of hydrazone groups is 1. The first-order valence-corrected chi connectivity index (χ1v) is 9.67. The van der Waals surface area contributed by atoms with Gasteiger partial charge in [0.1, 0.15) is 0 Å². The molecule has 4 aliphatic rings. The van der Waals surface area contributed by atoms with Crippen LogP contribution in [0.2, 0.25) is 0 Å². The van der Waals surface area contributed by atoms with Gasteiger partial charge < -0.3 is 9.64 Å². The molecule has 5 rings (SSSR count). The molecule has 3 fully saturated rings. The molecule has 6 heteroatoms. The number of aryl methyl sites for hydroxylation is 1. The highest BCUT2D eigenvalue weighted by atomic mass is 16.5. The third-order valence-corrected chi connectivity index (χ3v) is 6.39. The minimum Gasteiger partial charge on any atom is -0.378 e. The monoisotopic (exact) mass is 365 g/mol. The highest BCUT2D eigenvalue weighted by Crippen LogP contribution is 2.52. The number of morpholine rings is 1. The largest absolute Gasteiger partial charge is 0.378 e. The molecule has 6 nitrogen and oxygen atoms in total. The van der Waals surface area contributed by atoms with Crippen molar-refractivity contribution in [2.24, 2.45) is 28.8 Å². The van der Waals surface area contributed by atoms with Crippen molar-refractivity contribution in [1.29, 1.82) is 0 Å². The van der Waals surface area contributed by atoms with Crippen molar-refractivity contribution in [3.05, 3.63) is 41.5 Å². The number of imide groups is 1. The Balaban J connectivity index is 1.34. The van der Waals surface area contributed by atoms with Crippen LogP contribution in [0.1, 0.15) is 17.5 Å². The maximum atomic E-state index is 12.7. The second kappa shape index (κ2) is 6.30. The lowest BCUT2D eigenvalue weighted by atomic mass is 9.85. The zero-order valence-corrected chi connectivity index (χ0v) is 15.4. The predicted octanol–water partition coefficient (Wildman–Crippen LogP) is 1.97. The molecular weight excluding hydrogens is 342 g/mol. The Bertz CT molecular complexity index is 826. The average Bonchev–Trinajstić information content (AvgIpc) is 3.36. The quantitative estimate of drug-likeness (QED) is 0.467. The Kier molecular flexibility index (Phi) is 3.90. The van der Waals surface area contributed by atoms with Gasteiger partial charge in [0.25, 0.3) is 11.8 Å². The van der Waals surface area contributed by atoms with E-state index in [1.54, 1.807) is 6.21 Å². The summed E-state index contributed by atoms with van der Waals surface area (Å²) in [6.45, 7) is 5.31. The van der Waals surface area contributed by atoms with Crippen molar-refractivity contribution < 1.29 is 14.3 Å². The van der Waals surface area contributed by atoms with E-state index in [0.717, 1.165) is 48.9 Å². The van der Waals surface area contributed by atoms with Gasteiger partial charge in [0.2, 0.25) is 0 Å². The van der Waals surface area contributed by atoms with Crippen LogP contribution < -0.4 is 4.90 Å². The Morgan fingerprint density at radius 3 is 2.37 bits per heavy atom. The Hall–Kier alpha value is -2.47. The van der Waals surface area contributed by atoms with Gasteiger partial charge in [-0.1, -0.05) is 18.2 Å². The van der Waals surface area contributed by atoms with Gasteiger partial charge in [0.15, 0.2) is 0 Å². The van der Waals surface area contributed by atoms with Gasteiger partial charge >= 0.3 is 0 Å². The highest BCUT2D eigenvalue weighted by molar-refractivity contribution is 6.06. The molecule has 0 spiro atoms. The van der Waals surface area contributed by atoms with E-state index >= 15 is 0 Å². The van der Waals surface area contributed by atoms with Crippen molar-refractivity contribution in [2.45, 2.75) is 13.3 Å². The van der Waals surface area contributed by atoms with Gasteiger partial charge in [0.05, 0.1) is 31.3 Å². The van der Waals surface area contributed by atoms with Gasteiger partial charge in [-0.2, -0.15) is 10.1 Å². The highest BCUT2D eigenvalue weighted by Gasteiger charge is 2.59. The standard InChI is InChI=1S/C21H23N3O3/c1-13-10-17(23-6-8-27-9-7-23)5-4-16(13)12-22-24-20(25)18-14-2-3-15(11-14)19(18)21(24)26/h2-5,10,12,14-15,18-19H,6-9,11H2,1H3. The van der Waals surface area contributed by atoms with Crippen LogP contribution in [0.4, 0.5) is 5.69 Å². The number of allylic oxidation sites excluding steroid dienone is 2. The second-order valence-electron chi connectivity index (χ2n) is 7.87. The fourth-order valence-electron chi connectivity index (χ4n) is 4.94. The molecular formula is C21H23N3O3. The van der Waals surface area contributed by atoms with Crippen LogP contribution in [0.3, 0.4) is 0 Å². The molecule has 2 aliphatic carbocycles. The predicted molar refractivity (Wildman–Crippen MR) is 101 cm³/mol. The minimum absolute atomic E-state index is 0.138. The molecule has 140 valence electrons. The summed E-state index contributed by atoms with van der Waals surface area (Å²) in [7, 11) is 0. The van der Waals surface area contributed by atoms with Gasteiger partial charge in [-0.05, 0) is 48.4 Å². The number of carbonyl (C=O) groups excluding carboxylic acids is 2. The summed E-state index contributed by atoms with van der Waals surface area (Å²) in [6, 6.07) is 6.19. The minimum atomic E-state index is -0.200. The zero-order valence-electron chi connectivity index (χ0n) is 15.4. The first-order valence-electron chi connectivity index (χ1n) is 9.67. The fraction of sp³-hybridized carbons (Fsp3) is 0.476. The van der Waals surface area contributed by atoms with Crippen LogP contribution >= 0.6 is 0 Å². The molecule has 2 aliphatic heterocycles. The Labute approximate surface area is 158 Å². The fourth-order valence-corrected chi connectivity index (χ4v) is 4.94. The summed E-state index contributed by atoms with van der Waals surface area (Å²) in [5.74, 6) is -0.248. The lowest BCUT2D eigenvalue weighted by Crippen LogP contribution is -2.36. The third kappa shape index (κ3) is 2.62. The van der Waals surface area contributed by atoms with E-state index in [1.165, 1.54) is 5.69 Å². The normalized spacial score (nSPS) is 32.2. The van der Waals surface area contributed by atoms with Crippen LogP contribution in [-0.2, 0) is 14.3 Å². The molecule has 4 unspecified atom stereocenters. The van der Waals surface area contributed by atoms with Gasteiger partial charge in [-0.25, -0.2) is 0 Å². The van der Waals surface area contributed by atoms with Crippen molar-refractivity contribution in [2.75, 3.05) is 31.2 Å². The van der Waals surface area contributed by atoms with Crippen LogP contribution in [0.5, 0.6) is 0 Å². The van der Waals surface area contributed by atoms with E-state index in [-0.39, 0.29) is 35.5 Å². The van der Waals surface area contributed by atoms with Gasteiger partial charge in [-0.15, -0.1) is 0 Å². The molecule has 1 aromatic rings. The number of hydrogen-bond donors (Lipinski definition) is 0. The van der Waals surface area contributed by atoms with Crippen molar-refractivity contribution in [3.63, 3.8) is 0 Å². The number of nitrogens with zero attached hydrogens (tertiary/aromatic N) is 3. The number of ether oxygens (including phenoxy) is 1. The van der Waals surface area contributed by atoms with Crippen molar-refractivity contribution in [1.82, 2.24) is 5.01 Å². The topological polar surface area (TPSA) is 62.2 Å². The first kappa shape index (κ1) is 16.7. The SMILES string of the molecule is Cc1cc(N2CCOCC2)ccc1C=NN1C(=O)C2C3C=CC(C3)C2C1=O. The summed E-state index contributed by atoms with van der Waals surface area (Å²) in [6.07, 6.45) is 6.77. The Morgan fingerprint density at radius 2 is 1.74 bits per heavy atom. The maximum Gasteiger partial charge on any atom is 0.254 e. The van der Waals surface area contributed by atoms with Crippen LogP contribution in [0, 0.1) is 30.6 Å². The lowest BCUT2D eigenvalue weighted by molar-refractivity contribution is -0.140.